The van der Waals surface area contributed by atoms with Crippen LogP contribution in [0.2, 0.25) is 0 Å². The smallest absolute Gasteiger partial charge is 0.303 e. The molecule has 1 atom stereocenters. The van der Waals surface area contributed by atoms with Gasteiger partial charge in [0.15, 0.2) is 0 Å². The molecule has 0 radical (unpaired) electrons. The van der Waals surface area contributed by atoms with Crippen LogP contribution in [0.25, 0.3) is 0 Å². The number of carbonyl (C=O) groups excluding carboxylic acids is 3. The normalized spacial score (nSPS) is 24.9. The van der Waals surface area contributed by atoms with E-state index in [1.807, 2.05) is 6.92 Å². The second-order valence-corrected chi connectivity index (χ2v) is 6.41. The van der Waals surface area contributed by atoms with Gasteiger partial charge in [-0.3, -0.25) is 19.8 Å². The third-order valence-corrected chi connectivity index (χ3v) is 4.08. The van der Waals surface area contributed by atoms with Crippen molar-refractivity contribution in [3.63, 3.8) is 0 Å². The molecule has 1 unspecified atom stereocenters. The van der Waals surface area contributed by atoms with Crippen LogP contribution in [0.5, 0.6) is 0 Å². The third kappa shape index (κ3) is 2.85. The molecule has 0 aromatic heterocycles. The molecule has 2 rings (SSSR count). The zero-order chi connectivity index (χ0) is 14.9. The summed E-state index contributed by atoms with van der Waals surface area (Å²) in [5.41, 5.74) is -1.17. The maximum atomic E-state index is 12.3. The number of nitrogens with one attached hydrogen (secondary N) is 1. The Balaban J connectivity index is 1.98. The molecule has 0 aliphatic carbocycles. The Morgan fingerprint density at radius 2 is 1.75 bits per heavy atom. The predicted molar refractivity (Wildman–Crippen MR) is 73.9 cm³/mol. The second kappa shape index (κ2) is 5.52. The van der Waals surface area contributed by atoms with Gasteiger partial charge < -0.3 is 4.90 Å². The molecule has 2 fully saturated rings. The Hall–Kier alpha value is -1.43. The lowest BCUT2D eigenvalue weighted by Crippen LogP contribution is -2.62. The fourth-order valence-corrected chi connectivity index (χ4v) is 2.79. The minimum atomic E-state index is -1.17. The molecule has 0 bridgehead atoms. The first-order chi connectivity index (χ1) is 9.32. The molecule has 2 aliphatic rings. The fourth-order valence-electron chi connectivity index (χ4n) is 2.79. The highest BCUT2D eigenvalue weighted by atomic mass is 16.2. The minimum Gasteiger partial charge on any atom is -0.303 e. The van der Waals surface area contributed by atoms with E-state index in [0.29, 0.717) is 6.54 Å². The summed E-state index contributed by atoms with van der Waals surface area (Å²) in [5.74, 6) is -0.720. The topological polar surface area (TPSA) is 69.7 Å². The quantitative estimate of drug-likeness (QED) is 0.775. The van der Waals surface area contributed by atoms with Crippen LogP contribution in [0.15, 0.2) is 0 Å². The molecule has 2 saturated heterocycles. The molecule has 2 heterocycles. The molecular formula is C14H23N3O3. The number of likely N-dealkylation sites (tertiary alicyclic amines) is 1. The molecule has 6 nitrogen and oxygen atoms in total. The molecule has 0 aromatic rings. The average Bonchev–Trinajstić information content (AvgIpc) is 2.85. The summed E-state index contributed by atoms with van der Waals surface area (Å²) in [4.78, 5) is 39.3. The van der Waals surface area contributed by atoms with Gasteiger partial charge in [-0.2, -0.15) is 0 Å². The van der Waals surface area contributed by atoms with Crippen LogP contribution < -0.4 is 5.32 Å². The summed E-state index contributed by atoms with van der Waals surface area (Å²) < 4.78 is 0. The van der Waals surface area contributed by atoms with Crippen LogP contribution in [0.3, 0.4) is 0 Å². The maximum absolute atomic E-state index is 12.3. The van der Waals surface area contributed by atoms with Crippen molar-refractivity contribution >= 4 is 17.8 Å². The van der Waals surface area contributed by atoms with Gasteiger partial charge in [-0.1, -0.05) is 6.92 Å². The number of urea groups is 1. The van der Waals surface area contributed by atoms with Crippen molar-refractivity contribution in [1.82, 2.24) is 15.1 Å². The maximum Gasteiger partial charge on any atom is 0.330 e. The van der Waals surface area contributed by atoms with Crippen molar-refractivity contribution < 1.29 is 14.4 Å². The number of hydrogen-bond donors (Lipinski definition) is 1. The first kappa shape index (κ1) is 15.0. The lowest BCUT2D eigenvalue weighted by atomic mass is 9.88. The van der Waals surface area contributed by atoms with E-state index in [1.165, 1.54) is 17.7 Å². The van der Waals surface area contributed by atoms with Crippen LogP contribution in [-0.4, -0.2) is 53.8 Å². The van der Waals surface area contributed by atoms with Gasteiger partial charge in [0.25, 0.3) is 0 Å². The summed E-state index contributed by atoms with van der Waals surface area (Å²) >= 11 is 0. The SMILES string of the molecule is CC(CN1CCCC1)CN1C(=O)NC(=O)C(C)(C)C1=O. The van der Waals surface area contributed by atoms with E-state index in [0.717, 1.165) is 19.6 Å². The third-order valence-electron chi connectivity index (χ3n) is 4.08. The number of nitrogens with zero attached hydrogens (tertiary/aromatic N) is 2. The molecule has 4 amide bonds. The summed E-state index contributed by atoms with van der Waals surface area (Å²) in [5, 5.41) is 2.26. The van der Waals surface area contributed by atoms with Crippen LogP contribution in [-0.2, 0) is 9.59 Å². The highest BCUT2D eigenvalue weighted by Gasteiger charge is 2.47. The van der Waals surface area contributed by atoms with Crippen molar-refractivity contribution in [2.75, 3.05) is 26.2 Å². The first-order valence-corrected chi connectivity index (χ1v) is 7.22. The molecule has 6 heteroatoms. The lowest BCUT2D eigenvalue weighted by molar-refractivity contribution is -0.149. The Labute approximate surface area is 119 Å². The van der Waals surface area contributed by atoms with E-state index < -0.39 is 23.3 Å². The average molecular weight is 281 g/mol. The number of amides is 4. The van der Waals surface area contributed by atoms with Crippen LogP contribution in [0, 0.1) is 11.3 Å². The monoisotopic (exact) mass is 281 g/mol. The zero-order valence-electron chi connectivity index (χ0n) is 12.4. The van der Waals surface area contributed by atoms with Crippen LogP contribution in [0.1, 0.15) is 33.6 Å². The van der Waals surface area contributed by atoms with Crippen LogP contribution >= 0.6 is 0 Å². The standard InChI is InChI=1S/C14H23N3O3/c1-10(8-16-6-4-5-7-16)9-17-12(19)14(2,3)11(18)15-13(17)20/h10H,4-9H2,1-3H3,(H,15,18,20). The summed E-state index contributed by atoms with van der Waals surface area (Å²) in [7, 11) is 0. The molecule has 0 aromatic carbocycles. The molecule has 112 valence electrons. The van der Waals surface area contributed by atoms with Gasteiger partial charge in [-0.25, -0.2) is 4.79 Å². The van der Waals surface area contributed by atoms with Crippen molar-refractivity contribution in [1.29, 1.82) is 0 Å². The van der Waals surface area contributed by atoms with Crippen molar-refractivity contribution in [2.24, 2.45) is 11.3 Å². The predicted octanol–water partition coefficient (Wildman–Crippen LogP) is 0.823. The minimum absolute atomic E-state index is 0.201. The zero-order valence-corrected chi connectivity index (χ0v) is 12.4. The van der Waals surface area contributed by atoms with E-state index in [1.54, 1.807) is 13.8 Å². The van der Waals surface area contributed by atoms with Gasteiger partial charge in [0.05, 0.1) is 0 Å². The Kier molecular flexibility index (Phi) is 4.13. The number of barbiturate groups is 1. The molecule has 20 heavy (non-hydrogen) atoms. The molecule has 0 saturated carbocycles. The fraction of sp³-hybridized carbons (Fsp3) is 0.786. The van der Waals surface area contributed by atoms with E-state index >= 15 is 0 Å². The number of hydrogen-bond acceptors (Lipinski definition) is 4. The summed E-state index contributed by atoms with van der Waals surface area (Å²) in [6.45, 7) is 8.55. The van der Waals surface area contributed by atoms with Gasteiger partial charge in [-0.15, -0.1) is 0 Å². The van der Waals surface area contributed by atoms with Crippen molar-refractivity contribution in [3.05, 3.63) is 0 Å². The Morgan fingerprint density at radius 1 is 1.15 bits per heavy atom. The first-order valence-electron chi connectivity index (χ1n) is 7.22. The number of rotatable bonds is 4. The number of carbonyl (C=O) groups is 3. The van der Waals surface area contributed by atoms with Crippen molar-refractivity contribution in [3.8, 4) is 0 Å². The second-order valence-electron chi connectivity index (χ2n) is 6.41. The van der Waals surface area contributed by atoms with E-state index in [2.05, 4.69) is 10.2 Å². The van der Waals surface area contributed by atoms with E-state index in [-0.39, 0.29) is 5.92 Å². The van der Waals surface area contributed by atoms with E-state index in [4.69, 9.17) is 0 Å². The van der Waals surface area contributed by atoms with Gasteiger partial charge in [0.1, 0.15) is 5.41 Å². The molecule has 0 spiro atoms. The Bertz CT molecular complexity index is 427. The highest BCUT2D eigenvalue weighted by Crippen LogP contribution is 2.24. The highest BCUT2D eigenvalue weighted by molar-refractivity contribution is 6.18. The molecule has 1 N–H and O–H groups in total. The number of imide groups is 2. The summed E-state index contributed by atoms with van der Waals surface area (Å²) in [6.07, 6.45) is 2.44. The van der Waals surface area contributed by atoms with Crippen molar-refractivity contribution in [2.45, 2.75) is 33.6 Å². The lowest BCUT2D eigenvalue weighted by Gasteiger charge is -2.36. The molecule has 2 aliphatic heterocycles. The largest absolute Gasteiger partial charge is 0.330 e. The van der Waals surface area contributed by atoms with Crippen LogP contribution in [0.4, 0.5) is 4.79 Å². The van der Waals surface area contributed by atoms with E-state index in [9.17, 15) is 14.4 Å². The van der Waals surface area contributed by atoms with Gasteiger partial charge in [0.2, 0.25) is 11.8 Å². The molecular weight excluding hydrogens is 258 g/mol. The Morgan fingerprint density at radius 3 is 2.35 bits per heavy atom. The van der Waals surface area contributed by atoms with Gasteiger partial charge >= 0.3 is 6.03 Å². The van der Waals surface area contributed by atoms with Gasteiger partial charge in [0, 0.05) is 13.1 Å². The summed E-state index contributed by atoms with van der Waals surface area (Å²) in [6, 6.07) is -0.590. The van der Waals surface area contributed by atoms with Gasteiger partial charge in [-0.05, 0) is 45.7 Å².